The minimum absolute atomic E-state index is 0.0485. The number of hydrogen-bond donors (Lipinski definition) is 0. The Morgan fingerprint density at radius 1 is 1.00 bits per heavy atom. The number of halogens is 2. The van der Waals surface area contributed by atoms with Crippen LogP contribution in [-0.2, 0) is 6.54 Å². The summed E-state index contributed by atoms with van der Waals surface area (Å²) in [6, 6.07) is 16.1. The average molecular weight is 293 g/mol. The van der Waals surface area contributed by atoms with Crippen LogP contribution in [0.25, 0.3) is 16.5 Å². The van der Waals surface area contributed by atoms with E-state index in [1.165, 1.54) is 0 Å². The first-order valence-corrected chi connectivity index (χ1v) is 6.84. The van der Waals surface area contributed by atoms with Gasteiger partial charge < -0.3 is 4.57 Å². The summed E-state index contributed by atoms with van der Waals surface area (Å²) in [5.41, 5.74) is 1.79. The number of hydrogen-bond acceptors (Lipinski definition) is 0. The zero-order valence-corrected chi connectivity index (χ0v) is 11.8. The summed E-state index contributed by atoms with van der Waals surface area (Å²) in [6.07, 6.45) is 5.38. The molecule has 3 heteroatoms. The molecule has 0 aliphatic heterocycles. The van der Waals surface area contributed by atoms with Gasteiger partial charge in [0.25, 0.3) is 6.08 Å². The highest BCUT2D eigenvalue weighted by atomic mass is 19.3. The van der Waals surface area contributed by atoms with Gasteiger partial charge in [0.2, 0.25) is 0 Å². The molecule has 0 aliphatic carbocycles. The Morgan fingerprint density at radius 2 is 1.68 bits per heavy atom. The van der Waals surface area contributed by atoms with E-state index in [1.54, 1.807) is 36.5 Å². The molecule has 0 fully saturated rings. The molecule has 0 saturated carbocycles. The van der Waals surface area contributed by atoms with Crippen LogP contribution in [0.15, 0.2) is 66.9 Å². The van der Waals surface area contributed by atoms with Crippen molar-refractivity contribution in [3.05, 3.63) is 78.0 Å². The molecule has 0 N–H and O–H groups in total. The van der Waals surface area contributed by atoms with Crippen LogP contribution < -0.4 is 0 Å². The lowest BCUT2D eigenvalue weighted by Crippen LogP contribution is -1.92. The summed E-state index contributed by atoms with van der Waals surface area (Å²) in [5, 5.41) is 0.768. The van der Waals surface area contributed by atoms with Crippen molar-refractivity contribution in [2.24, 2.45) is 0 Å². The molecule has 108 valence electrons. The van der Waals surface area contributed by atoms with Crippen LogP contribution in [0.4, 0.5) is 8.78 Å². The Morgan fingerprint density at radius 3 is 2.36 bits per heavy atom. The molecular formula is C19H13F2N. The van der Waals surface area contributed by atoms with Crippen molar-refractivity contribution in [2.45, 2.75) is 6.54 Å². The Kier molecular flexibility index (Phi) is 3.76. The van der Waals surface area contributed by atoms with Crippen molar-refractivity contribution in [3.8, 4) is 12.3 Å². The Labute approximate surface area is 127 Å². The number of para-hydroxylation sites is 1. The van der Waals surface area contributed by atoms with Crippen LogP contribution in [0.3, 0.4) is 0 Å². The van der Waals surface area contributed by atoms with Crippen LogP contribution in [-0.4, -0.2) is 4.57 Å². The summed E-state index contributed by atoms with van der Waals surface area (Å²) in [6.45, 7) is 0.344. The van der Waals surface area contributed by atoms with E-state index in [2.05, 4.69) is 5.92 Å². The molecule has 3 aromatic rings. The number of aromatic nitrogens is 1. The van der Waals surface area contributed by atoms with Gasteiger partial charge in [-0.05, 0) is 11.6 Å². The summed E-state index contributed by atoms with van der Waals surface area (Å²) in [5.74, 6) is 2.56. The maximum Gasteiger partial charge on any atom is 0.278 e. The largest absolute Gasteiger partial charge is 0.335 e. The van der Waals surface area contributed by atoms with Gasteiger partial charge in [0, 0.05) is 22.7 Å². The number of fused-ring (bicyclic) bond motifs is 1. The van der Waals surface area contributed by atoms with E-state index in [0.29, 0.717) is 17.7 Å². The maximum absolute atomic E-state index is 13.6. The topological polar surface area (TPSA) is 4.93 Å². The van der Waals surface area contributed by atoms with Gasteiger partial charge in [-0.3, -0.25) is 0 Å². The van der Waals surface area contributed by atoms with Crippen molar-refractivity contribution in [1.82, 2.24) is 4.57 Å². The third kappa shape index (κ3) is 2.40. The SMILES string of the molecule is C#CCn1cc(C(=C(F)F)c2ccccc2)c2ccccc21. The number of rotatable bonds is 3. The first-order chi connectivity index (χ1) is 10.7. The van der Waals surface area contributed by atoms with Gasteiger partial charge >= 0.3 is 0 Å². The molecule has 22 heavy (non-hydrogen) atoms. The first-order valence-electron chi connectivity index (χ1n) is 6.84. The quantitative estimate of drug-likeness (QED) is 0.603. The zero-order chi connectivity index (χ0) is 15.5. The molecule has 1 nitrogen and oxygen atoms in total. The molecule has 0 bridgehead atoms. The van der Waals surface area contributed by atoms with Gasteiger partial charge in [-0.1, -0.05) is 54.5 Å². The van der Waals surface area contributed by atoms with E-state index in [1.807, 2.05) is 28.8 Å². The lowest BCUT2D eigenvalue weighted by Gasteiger charge is -2.05. The Hall–Kier alpha value is -2.86. The van der Waals surface area contributed by atoms with Crippen molar-refractivity contribution < 1.29 is 8.78 Å². The number of terminal acetylenes is 1. The van der Waals surface area contributed by atoms with Crippen molar-refractivity contribution in [2.75, 3.05) is 0 Å². The normalized spacial score (nSPS) is 10.4. The highest BCUT2D eigenvalue weighted by Gasteiger charge is 2.17. The minimum atomic E-state index is -1.70. The van der Waals surface area contributed by atoms with Gasteiger partial charge in [-0.2, -0.15) is 8.78 Å². The molecule has 3 rings (SSSR count). The zero-order valence-electron chi connectivity index (χ0n) is 11.8. The highest BCUT2D eigenvalue weighted by Crippen LogP contribution is 2.34. The van der Waals surface area contributed by atoms with Crippen LogP contribution >= 0.6 is 0 Å². The van der Waals surface area contributed by atoms with Gasteiger partial charge in [0.15, 0.2) is 0 Å². The highest BCUT2D eigenvalue weighted by molar-refractivity contribution is 5.97. The fourth-order valence-corrected chi connectivity index (χ4v) is 2.65. The summed E-state index contributed by atoms with van der Waals surface area (Å²) in [4.78, 5) is 0. The molecule has 0 aliphatic rings. The lowest BCUT2D eigenvalue weighted by molar-refractivity contribution is 0.426. The smallest absolute Gasteiger partial charge is 0.278 e. The molecule has 0 amide bonds. The summed E-state index contributed by atoms with van der Waals surface area (Å²) >= 11 is 0. The molecule has 0 atom stereocenters. The van der Waals surface area contributed by atoms with E-state index >= 15 is 0 Å². The predicted molar refractivity (Wildman–Crippen MR) is 85.5 cm³/mol. The van der Waals surface area contributed by atoms with Crippen molar-refractivity contribution in [3.63, 3.8) is 0 Å². The third-order valence-electron chi connectivity index (χ3n) is 3.57. The van der Waals surface area contributed by atoms with E-state index < -0.39 is 6.08 Å². The van der Waals surface area contributed by atoms with Crippen LogP contribution in [0.5, 0.6) is 0 Å². The molecular weight excluding hydrogens is 280 g/mol. The van der Waals surface area contributed by atoms with Gasteiger partial charge in [-0.15, -0.1) is 6.42 Å². The second kappa shape index (κ2) is 5.87. The van der Waals surface area contributed by atoms with E-state index in [-0.39, 0.29) is 5.57 Å². The molecule has 1 heterocycles. The third-order valence-corrected chi connectivity index (χ3v) is 3.57. The second-order valence-electron chi connectivity index (χ2n) is 4.89. The van der Waals surface area contributed by atoms with E-state index in [0.717, 1.165) is 10.9 Å². The first kappa shape index (κ1) is 14.1. The van der Waals surface area contributed by atoms with Crippen LogP contribution in [0.1, 0.15) is 11.1 Å². The minimum Gasteiger partial charge on any atom is -0.335 e. The predicted octanol–water partition coefficient (Wildman–Crippen LogP) is 4.93. The van der Waals surface area contributed by atoms with Crippen LogP contribution in [0.2, 0.25) is 0 Å². The van der Waals surface area contributed by atoms with E-state index in [9.17, 15) is 8.78 Å². The lowest BCUT2D eigenvalue weighted by atomic mass is 9.99. The molecule has 0 unspecified atom stereocenters. The van der Waals surface area contributed by atoms with E-state index in [4.69, 9.17) is 6.42 Å². The monoisotopic (exact) mass is 293 g/mol. The molecule has 2 aromatic carbocycles. The Balaban J connectivity index is 2.29. The summed E-state index contributed by atoms with van der Waals surface area (Å²) in [7, 11) is 0. The van der Waals surface area contributed by atoms with Gasteiger partial charge in [0.1, 0.15) is 0 Å². The molecule has 0 saturated heterocycles. The number of benzene rings is 2. The standard InChI is InChI=1S/C19H13F2N/c1-2-12-22-13-16(15-10-6-7-11-17(15)22)18(19(20)21)14-8-4-3-5-9-14/h1,3-11,13H,12H2. The van der Waals surface area contributed by atoms with Crippen molar-refractivity contribution in [1.29, 1.82) is 0 Å². The average Bonchev–Trinajstić information content (AvgIpc) is 2.88. The fraction of sp³-hybridized carbons (Fsp3) is 0.0526. The Bertz CT molecular complexity index is 879. The fourth-order valence-electron chi connectivity index (χ4n) is 2.65. The molecule has 1 aromatic heterocycles. The molecule has 0 radical (unpaired) electrons. The molecule has 0 spiro atoms. The van der Waals surface area contributed by atoms with Gasteiger partial charge in [0.05, 0.1) is 12.1 Å². The van der Waals surface area contributed by atoms with Crippen LogP contribution in [0, 0.1) is 12.3 Å². The second-order valence-corrected chi connectivity index (χ2v) is 4.89. The summed E-state index contributed by atoms with van der Waals surface area (Å²) < 4.78 is 29.1. The van der Waals surface area contributed by atoms with Crippen molar-refractivity contribution >= 4 is 16.5 Å². The maximum atomic E-state index is 13.6. The number of nitrogens with zero attached hydrogens (tertiary/aromatic N) is 1. The van der Waals surface area contributed by atoms with Gasteiger partial charge in [-0.25, -0.2) is 0 Å².